The van der Waals surface area contributed by atoms with E-state index in [2.05, 4.69) is 38.5 Å². The van der Waals surface area contributed by atoms with Crippen molar-refractivity contribution in [2.75, 3.05) is 5.75 Å². The fourth-order valence-corrected chi connectivity index (χ4v) is 4.12. The molecule has 6 nitrogen and oxygen atoms in total. The standard InChI is InChI=1S/C23H26N3O3SSi/c1-14-6-8-15(9-7-14)11-24-20(13-30)21(27)26-22(31)18(23(28)29)10-16-12-25-19-5-3-2-4-17(16)19/h2-9,12,18,20,22,24-25,30H,10-11,13H2,1H3,(H,26,27)(H,28,29)/t18-,20-,22?/m1/s1. The SMILES string of the molecule is Cc1ccc(CN[C@H](CS)C(=O)NC([Si])[C@@H](Cc2c[nH]c3ccccc23)C(=O)O)cc1. The van der Waals surface area contributed by atoms with Crippen LogP contribution in [0.2, 0.25) is 0 Å². The minimum absolute atomic E-state index is 0.274. The summed E-state index contributed by atoms with van der Waals surface area (Å²) in [6, 6.07) is 15.2. The first-order valence-corrected chi connectivity index (χ1v) is 11.3. The van der Waals surface area contributed by atoms with Gasteiger partial charge in [0, 0.05) is 35.1 Å². The third-order valence-corrected chi connectivity index (χ3v) is 6.22. The molecule has 3 aromatic rings. The summed E-state index contributed by atoms with van der Waals surface area (Å²) in [5, 5.41) is 16.7. The summed E-state index contributed by atoms with van der Waals surface area (Å²) in [6.07, 6.45) is 2.09. The van der Waals surface area contributed by atoms with E-state index in [9.17, 15) is 14.7 Å². The number of carbonyl (C=O) groups is 2. The second-order valence-electron chi connectivity index (χ2n) is 7.60. The zero-order chi connectivity index (χ0) is 22.4. The molecule has 161 valence electrons. The highest BCUT2D eigenvalue weighted by Crippen LogP contribution is 2.22. The molecular formula is C23H26N3O3SSi. The quantitative estimate of drug-likeness (QED) is 0.241. The van der Waals surface area contributed by atoms with Crippen LogP contribution in [0.5, 0.6) is 0 Å². The van der Waals surface area contributed by atoms with Gasteiger partial charge in [-0.15, -0.1) is 0 Å². The van der Waals surface area contributed by atoms with E-state index < -0.39 is 23.6 Å². The monoisotopic (exact) mass is 452 g/mol. The molecule has 0 saturated heterocycles. The molecule has 2 aromatic carbocycles. The molecular weight excluding hydrogens is 426 g/mol. The number of thiol groups is 1. The van der Waals surface area contributed by atoms with Crippen molar-refractivity contribution in [1.29, 1.82) is 0 Å². The van der Waals surface area contributed by atoms with Gasteiger partial charge in [0.25, 0.3) is 0 Å². The van der Waals surface area contributed by atoms with Gasteiger partial charge < -0.3 is 20.7 Å². The van der Waals surface area contributed by atoms with Gasteiger partial charge >= 0.3 is 5.97 Å². The minimum Gasteiger partial charge on any atom is -0.481 e. The Balaban J connectivity index is 1.63. The number of benzene rings is 2. The average molecular weight is 453 g/mol. The molecule has 1 unspecified atom stereocenters. The third kappa shape index (κ3) is 6.00. The number of hydrogen-bond acceptors (Lipinski definition) is 4. The van der Waals surface area contributed by atoms with Gasteiger partial charge in [0.15, 0.2) is 0 Å². The van der Waals surface area contributed by atoms with Crippen LogP contribution in [0.1, 0.15) is 16.7 Å². The molecule has 0 aliphatic carbocycles. The first-order chi connectivity index (χ1) is 14.9. The van der Waals surface area contributed by atoms with Crippen LogP contribution in [-0.2, 0) is 22.6 Å². The van der Waals surface area contributed by atoms with Crippen LogP contribution in [-0.4, -0.2) is 49.7 Å². The number of fused-ring (bicyclic) bond motifs is 1. The van der Waals surface area contributed by atoms with E-state index in [4.69, 9.17) is 0 Å². The number of aryl methyl sites for hydroxylation is 1. The predicted molar refractivity (Wildman–Crippen MR) is 126 cm³/mol. The highest BCUT2D eigenvalue weighted by molar-refractivity contribution is 7.80. The van der Waals surface area contributed by atoms with E-state index in [1.807, 2.05) is 61.7 Å². The Morgan fingerprint density at radius 1 is 1.16 bits per heavy atom. The molecule has 8 heteroatoms. The van der Waals surface area contributed by atoms with Crippen molar-refractivity contribution in [2.24, 2.45) is 5.92 Å². The number of amides is 1. The van der Waals surface area contributed by atoms with Crippen LogP contribution in [0.25, 0.3) is 10.9 Å². The number of H-pyrrole nitrogens is 1. The number of aliphatic carboxylic acids is 1. The molecule has 1 aromatic heterocycles. The van der Waals surface area contributed by atoms with Crippen molar-refractivity contribution in [3.05, 3.63) is 71.4 Å². The molecule has 0 spiro atoms. The van der Waals surface area contributed by atoms with Crippen LogP contribution in [0.4, 0.5) is 0 Å². The van der Waals surface area contributed by atoms with Crippen LogP contribution in [0, 0.1) is 12.8 Å². The molecule has 1 heterocycles. The first kappa shape index (κ1) is 23.1. The van der Waals surface area contributed by atoms with E-state index in [-0.39, 0.29) is 18.1 Å². The lowest BCUT2D eigenvalue weighted by Crippen LogP contribution is -2.52. The zero-order valence-electron chi connectivity index (χ0n) is 17.3. The predicted octanol–water partition coefficient (Wildman–Crippen LogP) is 2.42. The summed E-state index contributed by atoms with van der Waals surface area (Å²) in [5.41, 5.74) is 3.34. The number of carboxylic acid groups (broad SMARTS) is 1. The Morgan fingerprint density at radius 3 is 2.55 bits per heavy atom. The molecule has 0 saturated carbocycles. The lowest BCUT2D eigenvalue weighted by atomic mass is 9.98. The van der Waals surface area contributed by atoms with Gasteiger partial charge in [0.2, 0.25) is 5.91 Å². The number of aromatic amines is 1. The Labute approximate surface area is 190 Å². The van der Waals surface area contributed by atoms with Crippen molar-refractivity contribution in [1.82, 2.24) is 15.6 Å². The zero-order valence-corrected chi connectivity index (χ0v) is 19.2. The van der Waals surface area contributed by atoms with Gasteiger partial charge in [-0.3, -0.25) is 9.59 Å². The molecule has 0 aliphatic heterocycles. The highest BCUT2D eigenvalue weighted by atomic mass is 32.1. The Morgan fingerprint density at radius 2 is 1.87 bits per heavy atom. The second kappa shape index (κ2) is 10.7. The largest absolute Gasteiger partial charge is 0.481 e. The normalized spacial score (nSPS) is 14.2. The maximum absolute atomic E-state index is 12.7. The van der Waals surface area contributed by atoms with Crippen LogP contribution < -0.4 is 10.6 Å². The third-order valence-electron chi connectivity index (χ3n) is 5.30. The number of carbonyl (C=O) groups excluding carboxylic acids is 1. The van der Waals surface area contributed by atoms with Crippen molar-refractivity contribution < 1.29 is 14.7 Å². The Bertz CT molecular complexity index is 1040. The molecule has 3 rings (SSSR count). The molecule has 0 aliphatic rings. The molecule has 31 heavy (non-hydrogen) atoms. The van der Waals surface area contributed by atoms with E-state index >= 15 is 0 Å². The number of hydrogen-bond donors (Lipinski definition) is 5. The van der Waals surface area contributed by atoms with Crippen LogP contribution in [0.3, 0.4) is 0 Å². The summed E-state index contributed by atoms with van der Waals surface area (Å²) >= 11 is 4.28. The summed E-state index contributed by atoms with van der Waals surface area (Å²) in [4.78, 5) is 27.8. The van der Waals surface area contributed by atoms with E-state index in [0.717, 1.165) is 22.0 Å². The lowest BCUT2D eigenvalue weighted by Gasteiger charge is -2.24. The number of rotatable bonds is 10. The van der Waals surface area contributed by atoms with Crippen molar-refractivity contribution in [2.45, 2.75) is 31.6 Å². The van der Waals surface area contributed by atoms with Gasteiger partial charge in [-0.05, 0) is 30.5 Å². The van der Waals surface area contributed by atoms with Gasteiger partial charge in [-0.25, -0.2) is 0 Å². The smallest absolute Gasteiger partial charge is 0.308 e. The maximum atomic E-state index is 12.7. The fourth-order valence-electron chi connectivity index (χ4n) is 3.43. The van der Waals surface area contributed by atoms with Gasteiger partial charge in [-0.2, -0.15) is 12.6 Å². The number of carboxylic acids is 1. The maximum Gasteiger partial charge on any atom is 0.308 e. The van der Waals surface area contributed by atoms with Crippen molar-refractivity contribution in [3.63, 3.8) is 0 Å². The van der Waals surface area contributed by atoms with Gasteiger partial charge in [0.05, 0.1) is 22.2 Å². The van der Waals surface area contributed by atoms with Crippen molar-refractivity contribution in [3.8, 4) is 0 Å². The average Bonchev–Trinajstić information content (AvgIpc) is 3.16. The van der Waals surface area contributed by atoms with Crippen LogP contribution >= 0.6 is 12.6 Å². The fraction of sp³-hybridized carbons (Fsp3) is 0.304. The van der Waals surface area contributed by atoms with Gasteiger partial charge in [-0.1, -0.05) is 48.0 Å². The molecule has 3 radical (unpaired) electrons. The second-order valence-corrected chi connectivity index (χ2v) is 8.58. The summed E-state index contributed by atoms with van der Waals surface area (Å²) in [7, 11) is 3.44. The molecule has 3 atom stereocenters. The van der Waals surface area contributed by atoms with E-state index in [1.54, 1.807) is 0 Å². The molecule has 4 N–H and O–H groups in total. The minimum atomic E-state index is -0.986. The summed E-state index contributed by atoms with van der Waals surface area (Å²) in [6.45, 7) is 2.54. The lowest BCUT2D eigenvalue weighted by molar-refractivity contribution is -0.142. The van der Waals surface area contributed by atoms with E-state index in [1.165, 1.54) is 5.56 Å². The molecule has 0 bridgehead atoms. The van der Waals surface area contributed by atoms with E-state index in [0.29, 0.717) is 6.54 Å². The van der Waals surface area contributed by atoms with Gasteiger partial charge in [0.1, 0.15) is 0 Å². The topological polar surface area (TPSA) is 94.2 Å². The molecule has 1 amide bonds. The number of aromatic nitrogens is 1. The summed E-state index contributed by atoms with van der Waals surface area (Å²) < 4.78 is 0. The number of nitrogens with one attached hydrogen (secondary N) is 3. The summed E-state index contributed by atoms with van der Waals surface area (Å²) in [5.74, 6) is -1.83. The number of para-hydroxylation sites is 1. The van der Waals surface area contributed by atoms with Crippen molar-refractivity contribution >= 4 is 45.7 Å². The Hall–Kier alpha value is -2.55. The molecule has 0 fully saturated rings. The first-order valence-electron chi connectivity index (χ1n) is 10.1. The Kier molecular flexibility index (Phi) is 7.95. The highest BCUT2D eigenvalue weighted by Gasteiger charge is 2.29. The van der Waals surface area contributed by atoms with Crippen LogP contribution in [0.15, 0.2) is 54.7 Å².